The molecule has 2 aromatic rings. The highest BCUT2D eigenvalue weighted by molar-refractivity contribution is 5.69. The van der Waals surface area contributed by atoms with Gasteiger partial charge in [-0.05, 0) is 65.0 Å². The fourth-order valence-electron chi connectivity index (χ4n) is 5.67. The Kier molecular flexibility index (Phi) is 6.83. The van der Waals surface area contributed by atoms with Crippen molar-refractivity contribution in [2.75, 3.05) is 19.6 Å². The Morgan fingerprint density at radius 3 is 2.38 bits per heavy atom. The number of hydrogen-bond acceptors (Lipinski definition) is 8. The van der Waals surface area contributed by atoms with Crippen LogP contribution in [0, 0.1) is 5.82 Å². The van der Waals surface area contributed by atoms with Gasteiger partial charge < -0.3 is 19.4 Å². The van der Waals surface area contributed by atoms with Gasteiger partial charge in [0.05, 0.1) is 30.5 Å². The third-order valence-electron chi connectivity index (χ3n) is 7.68. The minimum Gasteiger partial charge on any atom is -0.444 e. The van der Waals surface area contributed by atoms with Crippen LogP contribution in [0.3, 0.4) is 0 Å². The summed E-state index contributed by atoms with van der Waals surface area (Å²) in [5, 5.41) is 3.95. The van der Waals surface area contributed by atoms with Gasteiger partial charge in [-0.25, -0.2) is 28.4 Å². The van der Waals surface area contributed by atoms with E-state index in [0.717, 1.165) is 24.6 Å². The van der Waals surface area contributed by atoms with Gasteiger partial charge in [0, 0.05) is 25.3 Å². The number of pyridine rings is 1. The molecule has 4 heterocycles. The van der Waals surface area contributed by atoms with Crippen LogP contribution in [-0.4, -0.2) is 84.3 Å². The lowest BCUT2D eigenvalue weighted by molar-refractivity contribution is -0.0102. The zero-order valence-corrected chi connectivity index (χ0v) is 22.7. The second kappa shape index (κ2) is 9.98. The molecule has 0 unspecified atom stereocenters. The van der Waals surface area contributed by atoms with E-state index in [0.29, 0.717) is 43.1 Å². The van der Waals surface area contributed by atoms with Gasteiger partial charge in [-0.15, -0.1) is 0 Å². The zero-order chi connectivity index (χ0) is 27.9. The maximum absolute atomic E-state index is 13.4. The van der Waals surface area contributed by atoms with Gasteiger partial charge in [-0.2, -0.15) is 5.10 Å². The Morgan fingerprint density at radius 1 is 1.15 bits per heavy atom. The minimum atomic E-state index is -0.777. The van der Waals surface area contributed by atoms with E-state index in [1.165, 1.54) is 10.9 Å². The molecule has 1 atom stereocenters. The molecule has 206 valence electrons. The topological polar surface area (TPSA) is 101 Å². The quantitative estimate of drug-likeness (QED) is 0.548. The maximum atomic E-state index is 13.4. The first kappa shape index (κ1) is 26.7. The van der Waals surface area contributed by atoms with E-state index >= 15 is 0 Å². The number of halogens is 1. The molecule has 39 heavy (non-hydrogen) atoms. The molecule has 0 N–H and O–H groups in total. The standard InChI is InChI=1S/C28H33FN6O4/c1-19(20-5-8-25(30-13-20)34-15-21(29)14-31-34)33-16-23(17-36)35(22-6-7-22)28(24(33)18-37)9-11-32(12-10-28)26(38)39-27(2,3)4/h5,8,13-15,19,22H,6-7,9-12,16H2,1-4H3/t19-/m0/s1. The van der Waals surface area contributed by atoms with Crippen molar-refractivity contribution in [3.63, 3.8) is 0 Å². The molecule has 11 heteroatoms. The number of likely N-dealkylation sites (tertiary alicyclic amines) is 1. The normalized spacial score (nSPS) is 20.1. The molecule has 1 saturated carbocycles. The molecule has 0 bridgehead atoms. The number of amides is 1. The zero-order valence-electron chi connectivity index (χ0n) is 22.7. The van der Waals surface area contributed by atoms with E-state index < -0.39 is 17.0 Å². The van der Waals surface area contributed by atoms with Crippen molar-refractivity contribution in [2.24, 2.45) is 0 Å². The number of aromatic nitrogens is 3. The van der Waals surface area contributed by atoms with E-state index in [1.54, 1.807) is 17.2 Å². The molecule has 10 nitrogen and oxygen atoms in total. The maximum Gasteiger partial charge on any atom is 0.410 e. The van der Waals surface area contributed by atoms with E-state index in [1.807, 2.05) is 38.7 Å². The molecule has 2 aromatic heterocycles. The molecule has 0 aromatic carbocycles. The molecule has 1 spiro atoms. The van der Waals surface area contributed by atoms with Crippen molar-refractivity contribution < 1.29 is 23.5 Å². The summed E-state index contributed by atoms with van der Waals surface area (Å²) in [5.74, 6) is 4.41. The summed E-state index contributed by atoms with van der Waals surface area (Å²) in [6.45, 7) is 8.41. The molecule has 5 rings (SSSR count). The van der Waals surface area contributed by atoms with Crippen molar-refractivity contribution in [3.05, 3.63) is 53.5 Å². The smallest absolute Gasteiger partial charge is 0.410 e. The van der Waals surface area contributed by atoms with Crippen LogP contribution >= 0.6 is 0 Å². The van der Waals surface area contributed by atoms with Crippen LogP contribution < -0.4 is 0 Å². The number of carbonyl (C=O) groups excluding carboxylic acids is 3. The van der Waals surface area contributed by atoms with Crippen LogP contribution in [0.25, 0.3) is 5.82 Å². The minimum absolute atomic E-state index is 0.158. The number of hydrogen-bond donors (Lipinski definition) is 0. The Bertz CT molecular complexity index is 1340. The van der Waals surface area contributed by atoms with Crippen LogP contribution in [0.1, 0.15) is 65.0 Å². The molecular weight excluding hydrogens is 503 g/mol. The molecule has 2 saturated heterocycles. The molecule has 3 fully saturated rings. The van der Waals surface area contributed by atoms with Crippen LogP contribution in [-0.2, 0) is 14.3 Å². The van der Waals surface area contributed by atoms with E-state index in [-0.39, 0.29) is 24.7 Å². The number of piperidine rings is 1. The average Bonchev–Trinajstić information content (AvgIpc) is 3.65. The number of nitrogens with zero attached hydrogens (tertiary/aromatic N) is 6. The Balaban J connectivity index is 1.44. The van der Waals surface area contributed by atoms with Gasteiger partial charge in [0.1, 0.15) is 28.9 Å². The summed E-state index contributed by atoms with van der Waals surface area (Å²) < 4.78 is 20.3. The van der Waals surface area contributed by atoms with Crippen LogP contribution in [0.15, 0.2) is 42.1 Å². The van der Waals surface area contributed by atoms with Gasteiger partial charge in [0.15, 0.2) is 11.6 Å². The number of rotatable bonds is 4. The van der Waals surface area contributed by atoms with Gasteiger partial charge >= 0.3 is 6.09 Å². The van der Waals surface area contributed by atoms with Crippen LogP contribution in [0.2, 0.25) is 0 Å². The predicted octanol–water partition coefficient (Wildman–Crippen LogP) is 3.45. The summed E-state index contributed by atoms with van der Waals surface area (Å²) >= 11 is 0. The van der Waals surface area contributed by atoms with Crippen LogP contribution in [0.5, 0.6) is 0 Å². The molecule has 1 amide bonds. The SMILES string of the molecule is C[C@@H](c1ccc(-n2cc(F)cn2)nc1)N1CC(=C=O)N(C2CC2)C2(CCN(C(=O)OC(C)(C)C)CC2)C1=C=O. The monoisotopic (exact) mass is 536 g/mol. The number of carbonyl (C=O) groups is 1. The Labute approximate surface area is 226 Å². The third kappa shape index (κ3) is 5.07. The van der Waals surface area contributed by atoms with Gasteiger partial charge in [0.25, 0.3) is 0 Å². The summed E-state index contributed by atoms with van der Waals surface area (Å²) in [4.78, 5) is 47.8. The second-order valence-electron chi connectivity index (χ2n) is 11.5. The van der Waals surface area contributed by atoms with Crippen molar-refractivity contribution >= 4 is 18.0 Å². The third-order valence-corrected chi connectivity index (χ3v) is 7.68. The first-order chi connectivity index (χ1) is 18.6. The van der Waals surface area contributed by atoms with E-state index in [4.69, 9.17) is 4.74 Å². The Hall–Kier alpha value is -3.94. The van der Waals surface area contributed by atoms with Crippen molar-refractivity contribution in [1.29, 1.82) is 0 Å². The lowest BCUT2D eigenvalue weighted by Gasteiger charge is -2.56. The lowest BCUT2D eigenvalue weighted by atomic mass is 9.79. The fraction of sp³-hybridized carbons (Fsp3) is 0.536. The number of piperazine rings is 1. The Morgan fingerprint density at radius 2 is 1.87 bits per heavy atom. The summed E-state index contributed by atoms with van der Waals surface area (Å²) in [6, 6.07) is 3.42. The molecule has 2 aliphatic heterocycles. The summed E-state index contributed by atoms with van der Waals surface area (Å²) in [5.41, 5.74) is 0.402. The molecule has 0 radical (unpaired) electrons. The van der Waals surface area contributed by atoms with Crippen molar-refractivity contribution in [1.82, 2.24) is 29.5 Å². The second-order valence-corrected chi connectivity index (χ2v) is 11.5. The summed E-state index contributed by atoms with van der Waals surface area (Å²) in [6.07, 6.45) is 6.42. The average molecular weight is 537 g/mol. The highest BCUT2D eigenvalue weighted by atomic mass is 19.1. The highest BCUT2D eigenvalue weighted by Crippen LogP contribution is 2.49. The molecule has 3 aliphatic rings. The predicted molar refractivity (Wildman–Crippen MR) is 139 cm³/mol. The lowest BCUT2D eigenvalue weighted by Crippen LogP contribution is -2.64. The van der Waals surface area contributed by atoms with Gasteiger partial charge in [0.2, 0.25) is 0 Å². The van der Waals surface area contributed by atoms with Crippen molar-refractivity contribution in [2.45, 2.75) is 76.6 Å². The molecular formula is C28H33FN6O4. The van der Waals surface area contributed by atoms with Crippen molar-refractivity contribution in [3.8, 4) is 5.82 Å². The molecule has 1 aliphatic carbocycles. The van der Waals surface area contributed by atoms with Gasteiger partial charge in [-0.3, -0.25) is 0 Å². The first-order valence-corrected chi connectivity index (χ1v) is 13.3. The largest absolute Gasteiger partial charge is 0.444 e. The van der Waals surface area contributed by atoms with E-state index in [9.17, 15) is 18.8 Å². The van der Waals surface area contributed by atoms with E-state index in [2.05, 4.69) is 26.9 Å². The van der Waals surface area contributed by atoms with Gasteiger partial charge in [-0.1, -0.05) is 6.07 Å². The fourth-order valence-corrected chi connectivity index (χ4v) is 5.67. The highest BCUT2D eigenvalue weighted by Gasteiger charge is 2.56. The van der Waals surface area contributed by atoms with Crippen LogP contribution in [0.4, 0.5) is 9.18 Å². The first-order valence-electron chi connectivity index (χ1n) is 13.3. The number of ether oxygens (including phenoxy) is 1. The summed E-state index contributed by atoms with van der Waals surface area (Å²) in [7, 11) is 0.